The summed E-state index contributed by atoms with van der Waals surface area (Å²) >= 11 is 1.77. The fraction of sp³-hybridized carbons (Fsp3) is 0.833. The Morgan fingerprint density at radius 3 is 2.19 bits per heavy atom. The van der Waals surface area contributed by atoms with Crippen molar-refractivity contribution in [1.82, 2.24) is 15.5 Å². The van der Waals surface area contributed by atoms with Crippen molar-refractivity contribution < 1.29 is 0 Å². The zero-order valence-electron chi connectivity index (χ0n) is 10.8. The summed E-state index contributed by atoms with van der Waals surface area (Å²) in [6.07, 6.45) is 4.91. The van der Waals surface area contributed by atoms with E-state index in [2.05, 4.69) is 36.3 Å². The second-order valence-electron chi connectivity index (χ2n) is 4.26. The Kier molecular flexibility index (Phi) is 5.91. The van der Waals surface area contributed by atoms with Crippen molar-refractivity contribution >= 4 is 11.3 Å². The standard InChI is InChI=1S/C12H23N3S/c1-5-7-10(8-6-2)12-15-14-11(16-12)9(3)13-4/h9-10,13H,5-8H2,1-4H3. The first-order chi connectivity index (χ1) is 7.72. The molecule has 1 atom stereocenters. The van der Waals surface area contributed by atoms with Gasteiger partial charge in [-0.1, -0.05) is 38.0 Å². The number of aromatic nitrogens is 2. The molecule has 0 bridgehead atoms. The predicted molar refractivity (Wildman–Crippen MR) is 69.9 cm³/mol. The molecular formula is C12H23N3S. The highest BCUT2D eigenvalue weighted by Crippen LogP contribution is 2.30. The Morgan fingerprint density at radius 1 is 1.12 bits per heavy atom. The van der Waals surface area contributed by atoms with E-state index in [0.717, 1.165) is 5.01 Å². The monoisotopic (exact) mass is 241 g/mol. The van der Waals surface area contributed by atoms with E-state index in [0.29, 0.717) is 12.0 Å². The minimum Gasteiger partial charge on any atom is -0.311 e. The van der Waals surface area contributed by atoms with Crippen LogP contribution >= 0.6 is 11.3 Å². The number of nitrogens with zero attached hydrogens (tertiary/aromatic N) is 2. The molecule has 1 unspecified atom stereocenters. The highest BCUT2D eigenvalue weighted by atomic mass is 32.1. The molecule has 0 aliphatic carbocycles. The van der Waals surface area contributed by atoms with E-state index < -0.39 is 0 Å². The van der Waals surface area contributed by atoms with Crippen molar-refractivity contribution in [3.8, 4) is 0 Å². The third-order valence-corrected chi connectivity index (χ3v) is 4.15. The summed E-state index contributed by atoms with van der Waals surface area (Å²) in [5.74, 6) is 0.616. The van der Waals surface area contributed by atoms with Crippen molar-refractivity contribution in [2.24, 2.45) is 0 Å². The zero-order valence-corrected chi connectivity index (χ0v) is 11.6. The van der Waals surface area contributed by atoms with Gasteiger partial charge in [-0.15, -0.1) is 10.2 Å². The molecule has 0 aromatic carbocycles. The summed E-state index contributed by atoms with van der Waals surface area (Å²) in [5, 5.41) is 14.2. The van der Waals surface area contributed by atoms with Crippen LogP contribution in [0.4, 0.5) is 0 Å². The van der Waals surface area contributed by atoms with Crippen LogP contribution in [0.3, 0.4) is 0 Å². The minimum absolute atomic E-state index is 0.315. The topological polar surface area (TPSA) is 37.8 Å². The summed E-state index contributed by atoms with van der Waals surface area (Å²) in [4.78, 5) is 0. The van der Waals surface area contributed by atoms with Gasteiger partial charge in [0.15, 0.2) is 0 Å². The smallest absolute Gasteiger partial charge is 0.134 e. The third kappa shape index (κ3) is 3.52. The van der Waals surface area contributed by atoms with Gasteiger partial charge >= 0.3 is 0 Å². The van der Waals surface area contributed by atoms with Crippen LogP contribution in [0.15, 0.2) is 0 Å². The van der Waals surface area contributed by atoms with Crippen molar-refractivity contribution in [2.45, 2.75) is 58.4 Å². The van der Waals surface area contributed by atoms with Crippen LogP contribution in [0, 0.1) is 0 Å². The first-order valence-electron chi connectivity index (χ1n) is 6.23. The Balaban J connectivity index is 2.72. The van der Waals surface area contributed by atoms with Crippen molar-refractivity contribution in [3.63, 3.8) is 0 Å². The Bertz CT molecular complexity index is 292. The lowest BCUT2D eigenvalue weighted by atomic mass is 9.99. The maximum Gasteiger partial charge on any atom is 0.134 e. The Hall–Kier alpha value is -0.480. The molecule has 1 aromatic heterocycles. The van der Waals surface area contributed by atoms with Gasteiger partial charge in [0.05, 0.1) is 6.04 Å². The van der Waals surface area contributed by atoms with Gasteiger partial charge in [0.1, 0.15) is 10.0 Å². The van der Waals surface area contributed by atoms with Gasteiger partial charge in [0.25, 0.3) is 0 Å². The molecular weight excluding hydrogens is 218 g/mol. The fourth-order valence-corrected chi connectivity index (χ4v) is 2.87. The maximum absolute atomic E-state index is 4.35. The van der Waals surface area contributed by atoms with Crippen LogP contribution in [0.1, 0.15) is 68.4 Å². The zero-order chi connectivity index (χ0) is 12.0. The van der Waals surface area contributed by atoms with Gasteiger partial charge in [0.2, 0.25) is 0 Å². The summed E-state index contributed by atoms with van der Waals surface area (Å²) in [6, 6.07) is 0.315. The molecule has 3 nitrogen and oxygen atoms in total. The summed E-state index contributed by atoms with van der Waals surface area (Å²) in [5.41, 5.74) is 0. The second-order valence-corrected chi connectivity index (χ2v) is 5.30. The molecule has 0 aliphatic rings. The molecule has 0 amide bonds. The van der Waals surface area contributed by atoms with Crippen molar-refractivity contribution in [1.29, 1.82) is 0 Å². The van der Waals surface area contributed by atoms with E-state index in [1.54, 1.807) is 11.3 Å². The van der Waals surface area contributed by atoms with Crippen LogP contribution in [0.5, 0.6) is 0 Å². The van der Waals surface area contributed by atoms with Gasteiger partial charge in [-0.3, -0.25) is 0 Å². The number of nitrogens with one attached hydrogen (secondary N) is 1. The Labute approximate surface area is 103 Å². The van der Waals surface area contributed by atoms with E-state index in [-0.39, 0.29) is 0 Å². The van der Waals surface area contributed by atoms with E-state index in [9.17, 15) is 0 Å². The second kappa shape index (κ2) is 6.97. The van der Waals surface area contributed by atoms with Crippen LogP contribution in [0.2, 0.25) is 0 Å². The van der Waals surface area contributed by atoms with Crippen molar-refractivity contribution in [2.75, 3.05) is 7.05 Å². The molecule has 0 spiro atoms. The largest absolute Gasteiger partial charge is 0.311 e. The molecule has 92 valence electrons. The van der Waals surface area contributed by atoms with E-state index in [1.165, 1.54) is 30.7 Å². The highest BCUT2D eigenvalue weighted by molar-refractivity contribution is 7.11. The summed E-state index contributed by atoms with van der Waals surface area (Å²) in [6.45, 7) is 6.60. The SMILES string of the molecule is CCCC(CCC)c1nnc(C(C)NC)s1. The maximum atomic E-state index is 4.35. The summed E-state index contributed by atoms with van der Waals surface area (Å²) < 4.78 is 0. The molecule has 1 aromatic rings. The molecule has 0 fully saturated rings. The van der Waals surface area contributed by atoms with Crippen LogP contribution < -0.4 is 5.32 Å². The fourth-order valence-electron chi connectivity index (χ4n) is 1.80. The normalized spacial score (nSPS) is 13.3. The minimum atomic E-state index is 0.315. The molecule has 0 radical (unpaired) electrons. The predicted octanol–water partition coefficient (Wildman–Crippen LogP) is 3.50. The molecule has 0 saturated heterocycles. The van der Waals surface area contributed by atoms with Gasteiger partial charge in [-0.05, 0) is 26.8 Å². The molecule has 16 heavy (non-hydrogen) atoms. The summed E-state index contributed by atoms with van der Waals surface area (Å²) in [7, 11) is 1.96. The van der Waals surface area contributed by atoms with Gasteiger partial charge in [0, 0.05) is 5.92 Å². The Morgan fingerprint density at radius 2 is 1.69 bits per heavy atom. The number of hydrogen-bond donors (Lipinski definition) is 1. The van der Waals surface area contributed by atoms with E-state index in [4.69, 9.17) is 0 Å². The molecule has 1 rings (SSSR count). The average Bonchev–Trinajstić information content (AvgIpc) is 2.77. The molecule has 4 heteroatoms. The number of rotatable bonds is 7. The lowest BCUT2D eigenvalue weighted by Gasteiger charge is -2.10. The average molecular weight is 241 g/mol. The molecule has 0 aliphatic heterocycles. The van der Waals surface area contributed by atoms with Crippen LogP contribution in [0.25, 0.3) is 0 Å². The van der Waals surface area contributed by atoms with E-state index >= 15 is 0 Å². The lowest BCUT2D eigenvalue weighted by Crippen LogP contribution is -2.11. The number of hydrogen-bond acceptors (Lipinski definition) is 4. The third-order valence-electron chi connectivity index (χ3n) is 2.88. The van der Waals surface area contributed by atoms with Crippen LogP contribution in [-0.4, -0.2) is 17.2 Å². The quantitative estimate of drug-likeness (QED) is 0.794. The van der Waals surface area contributed by atoms with E-state index in [1.807, 2.05) is 7.05 Å². The first kappa shape index (κ1) is 13.6. The molecule has 1 N–H and O–H groups in total. The van der Waals surface area contributed by atoms with Gasteiger partial charge in [-0.25, -0.2) is 0 Å². The molecule has 1 heterocycles. The highest BCUT2D eigenvalue weighted by Gasteiger charge is 2.17. The van der Waals surface area contributed by atoms with Gasteiger partial charge < -0.3 is 5.32 Å². The molecule has 0 saturated carbocycles. The van der Waals surface area contributed by atoms with Gasteiger partial charge in [-0.2, -0.15) is 0 Å². The van der Waals surface area contributed by atoms with Crippen LogP contribution in [-0.2, 0) is 0 Å². The first-order valence-corrected chi connectivity index (χ1v) is 7.05. The van der Waals surface area contributed by atoms with Crippen molar-refractivity contribution in [3.05, 3.63) is 10.0 Å². The lowest BCUT2D eigenvalue weighted by molar-refractivity contribution is 0.553.